The third-order valence-corrected chi connectivity index (χ3v) is 3.80. The highest BCUT2D eigenvalue weighted by Gasteiger charge is 2.09. The number of aryl methyl sites for hydroxylation is 1. The SMILES string of the molecule is Cc1cc(S(C)(=O)=O)ccc1NCC(O)CCl. The van der Waals surface area contributed by atoms with Crippen molar-refractivity contribution in [3.63, 3.8) is 0 Å². The maximum Gasteiger partial charge on any atom is 0.175 e. The van der Waals surface area contributed by atoms with Crippen LogP contribution in [-0.2, 0) is 9.84 Å². The zero-order valence-corrected chi connectivity index (χ0v) is 11.3. The van der Waals surface area contributed by atoms with Crippen molar-refractivity contribution in [2.75, 3.05) is 24.0 Å². The Bertz CT molecular complexity index is 487. The molecule has 0 bridgehead atoms. The van der Waals surface area contributed by atoms with Crippen LogP contribution < -0.4 is 5.32 Å². The van der Waals surface area contributed by atoms with Crippen molar-refractivity contribution < 1.29 is 13.5 Å². The van der Waals surface area contributed by atoms with Crippen LogP contribution in [0.25, 0.3) is 0 Å². The van der Waals surface area contributed by atoms with Gasteiger partial charge in [-0.2, -0.15) is 0 Å². The maximum atomic E-state index is 11.3. The minimum absolute atomic E-state index is 0.160. The van der Waals surface area contributed by atoms with Gasteiger partial charge in [0.1, 0.15) is 0 Å². The molecule has 0 heterocycles. The van der Waals surface area contributed by atoms with Crippen molar-refractivity contribution in [1.82, 2.24) is 0 Å². The lowest BCUT2D eigenvalue weighted by molar-refractivity contribution is 0.211. The normalized spacial score (nSPS) is 13.4. The molecule has 17 heavy (non-hydrogen) atoms. The third-order valence-electron chi connectivity index (χ3n) is 2.33. The molecular formula is C11H16ClNO3S. The first-order chi connectivity index (χ1) is 7.84. The van der Waals surface area contributed by atoms with E-state index in [1.165, 1.54) is 12.3 Å². The van der Waals surface area contributed by atoms with E-state index >= 15 is 0 Å². The summed E-state index contributed by atoms with van der Waals surface area (Å²) in [5.74, 6) is 0.160. The highest BCUT2D eigenvalue weighted by atomic mass is 35.5. The number of hydrogen-bond acceptors (Lipinski definition) is 4. The Hall–Kier alpha value is -0.780. The van der Waals surface area contributed by atoms with Crippen molar-refractivity contribution in [3.8, 4) is 0 Å². The van der Waals surface area contributed by atoms with Crippen LogP contribution in [0.1, 0.15) is 5.56 Å². The molecule has 0 radical (unpaired) electrons. The first kappa shape index (κ1) is 14.3. The predicted octanol–water partition coefficient (Wildman–Crippen LogP) is 1.41. The molecular weight excluding hydrogens is 262 g/mol. The van der Waals surface area contributed by atoms with Crippen LogP contribution in [0.4, 0.5) is 5.69 Å². The minimum Gasteiger partial charge on any atom is -0.390 e. The number of sulfone groups is 1. The van der Waals surface area contributed by atoms with E-state index in [-0.39, 0.29) is 5.88 Å². The highest BCUT2D eigenvalue weighted by Crippen LogP contribution is 2.19. The van der Waals surface area contributed by atoms with E-state index in [0.717, 1.165) is 11.3 Å². The molecule has 1 atom stereocenters. The van der Waals surface area contributed by atoms with E-state index in [1.807, 2.05) is 6.92 Å². The smallest absolute Gasteiger partial charge is 0.175 e. The summed E-state index contributed by atoms with van der Waals surface area (Å²) in [4.78, 5) is 0.290. The molecule has 0 spiro atoms. The molecule has 0 amide bonds. The van der Waals surface area contributed by atoms with E-state index in [9.17, 15) is 13.5 Å². The average molecular weight is 278 g/mol. The van der Waals surface area contributed by atoms with Crippen LogP contribution in [0.3, 0.4) is 0 Å². The molecule has 2 N–H and O–H groups in total. The number of anilines is 1. The molecule has 0 aliphatic carbocycles. The van der Waals surface area contributed by atoms with Gasteiger partial charge in [-0.1, -0.05) is 0 Å². The van der Waals surface area contributed by atoms with Gasteiger partial charge in [-0.3, -0.25) is 0 Å². The quantitative estimate of drug-likeness (QED) is 0.799. The van der Waals surface area contributed by atoms with Gasteiger partial charge in [-0.05, 0) is 30.7 Å². The lowest BCUT2D eigenvalue weighted by atomic mass is 10.2. The van der Waals surface area contributed by atoms with Crippen LogP contribution in [-0.4, -0.2) is 38.3 Å². The summed E-state index contributed by atoms with van der Waals surface area (Å²) in [6, 6.07) is 4.83. The van der Waals surface area contributed by atoms with Crippen molar-refractivity contribution in [2.24, 2.45) is 0 Å². The summed E-state index contributed by atoms with van der Waals surface area (Å²) in [7, 11) is -3.18. The monoisotopic (exact) mass is 277 g/mol. The lowest BCUT2D eigenvalue weighted by Gasteiger charge is -2.13. The third kappa shape index (κ3) is 4.18. The van der Waals surface area contributed by atoms with Gasteiger partial charge in [-0.15, -0.1) is 11.6 Å². The van der Waals surface area contributed by atoms with Crippen molar-refractivity contribution in [3.05, 3.63) is 23.8 Å². The topological polar surface area (TPSA) is 66.4 Å². The molecule has 6 heteroatoms. The summed E-state index contributed by atoms with van der Waals surface area (Å²) in [5, 5.41) is 12.3. The van der Waals surface area contributed by atoms with Crippen LogP contribution >= 0.6 is 11.6 Å². The molecule has 96 valence electrons. The second kappa shape index (κ2) is 5.71. The number of alkyl halides is 1. The van der Waals surface area contributed by atoms with E-state index in [0.29, 0.717) is 11.4 Å². The Kier molecular flexibility index (Phi) is 4.80. The Labute approximate surface area is 107 Å². The molecule has 4 nitrogen and oxygen atoms in total. The van der Waals surface area contributed by atoms with Gasteiger partial charge in [-0.25, -0.2) is 8.42 Å². The van der Waals surface area contributed by atoms with Crippen LogP contribution in [0.5, 0.6) is 0 Å². The molecule has 1 rings (SSSR count). The number of halogens is 1. The summed E-state index contributed by atoms with van der Waals surface area (Å²) in [5.41, 5.74) is 1.61. The van der Waals surface area contributed by atoms with Gasteiger partial charge in [0.05, 0.1) is 16.9 Å². The number of aliphatic hydroxyl groups is 1. The number of hydrogen-bond donors (Lipinski definition) is 2. The number of aliphatic hydroxyl groups excluding tert-OH is 1. The summed E-state index contributed by atoms with van der Waals surface area (Å²) in [6.45, 7) is 2.15. The largest absolute Gasteiger partial charge is 0.390 e. The average Bonchev–Trinajstić information content (AvgIpc) is 2.25. The summed E-state index contributed by atoms with van der Waals surface area (Å²) >= 11 is 5.47. The van der Waals surface area contributed by atoms with E-state index in [1.54, 1.807) is 12.1 Å². The fourth-order valence-electron chi connectivity index (χ4n) is 1.35. The van der Waals surface area contributed by atoms with Gasteiger partial charge >= 0.3 is 0 Å². The Morgan fingerprint density at radius 1 is 1.47 bits per heavy atom. The second-order valence-corrected chi connectivity index (χ2v) is 6.26. The maximum absolute atomic E-state index is 11.3. The molecule has 0 aromatic heterocycles. The van der Waals surface area contributed by atoms with E-state index in [2.05, 4.69) is 5.32 Å². The van der Waals surface area contributed by atoms with Crippen LogP contribution in [0, 0.1) is 6.92 Å². The van der Waals surface area contributed by atoms with E-state index < -0.39 is 15.9 Å². The second-order valence-electron chi connectivity index (χ2n) is 3.94. The molecule has 0 aliphatic heterocycles. The molecule has 0 saturated heterocycles. The molecule has 1 aromatic rings. The van der Waals surface area contributed by atoms with Gasteiger partial charge in [0.15, 0.2) is 9.84 Å². The van der Waals surface area contributed by atoms with Gasteiger partial charge in [0.25, 0.3) is 0 Å². The van der Waals surface area contributed by atoms with Gasteiger partial charge in [0.2, 0.25) is 0 Å². The standard InChI is InChI=1S/C11H16ClNO3S/c1-8-5-10(17(2,15)16)3-4-11(8)13-7-9(14)6-12/h3-5,9,13-14H,6-7H2,1-2H3. The zero-order chi connectivity index (χ0) is 13.1. The lowest BCUT2D eigenvalue weighted by Crippen LogP contribution is -2.21. The molecule has 0 fully saturated rings. The highest BCUT2D eigenvalue weighted by molar-refractivity contribution is 7.90. The van der Waals surface area contributed by atoms with Crippen LogP contribution in [0.15, 0.2) is 23.1 Å². The van der Waals surface area contributed by atoms with Crippen molar-refractivity contribution in [2.45, 2.75) is 17.9 Å². The molecule has 1 unspecified atom stereocenters. The first-order valence-corrected chi connectivity index (χ1v) is 7.56. The fourth-order valence-corrected chi connectivity index (χ4v) is 2.16. The summed E-state index contributed by atoms with van der Waals surface area (Å²) < 4.78 is 22.7. The minimum atomic E-state index is -3.18. The molecule has 0 saturated carbocycles. The van der Waals surface area contributed by atoms with Gasteiger partial charge in [0, 0.05) is 18.5 Å². The molecule has 1 aromatic carbocycles. The van der Waals surface area contributed by atoms with Crippen molar-refractivity contribution in [1.29, 1.82) is 0 Å². The number of rotatable bonds is 5. The Morgan fingerprint density at radius 2 is 2.12 bits per heavy atom. The van der Waals surface area contributed by atoms with Crippen LogP contribution in [0.2, 0.25) is 0 Å². The fraction of sp³-hybridized carbons (Fsp3) is 0.455. The Morgan fingerprint density at radius 3 is 2.59 bits per heavy atom. The van der Waals surface area contributed by atoms with Crippen molar-refractivity contribution >= 4 is 27.1 Å². The summed E-state index contributed by atoms with van der Waals surface area (Å²) in [6.07, 6.45) is 0.553. The van der Waals surface area contributed by atoms with Gasteiger partial charge < -0.3 is 10.4 Å². The van der Waals surface area contributed by atoms with E-state index in [4.69, 9.17) is 11.6 Å². The number of nitrogens with one attached hydrogen (secondary N) is 1. The molecule has 0 aliphatic rings. The zero-order valence-electron chi connectivity index (χ0n) is 9.77. The Balaban J connectivity index is 2.84. The predicted molar refractivity (Wildman–Crippen MR) is 69.5 cm³/mol. The number of benzene rings is 1. The first-order valence-electron chi connectivity index (χ1n) is 5.13.